The number of carbonyl (C=O) groups excluding carboxylic acids is 1. The fourth-order valence-corrected chi connectivity index (χ4v) is 3.53. The van der Waals surface area contributed by atoms with Crippen LogP contribution in [0.5, 0.6) is 0 Å². The van der Waals surface area contributed by atoms with E-state index < -0.39 is 0 Å². The van der Waals surface area contributed by atoms with E-state index in [2.05, 4.69) is 11.8 Å². The third kappa shape index (κ3) is 2.69. The minimum atomic E-state index is 0.316. The van der Waals surface area contributed by atoms with Crippen LogP contribution in [0.4, 0.5) is 5.95 Å². The van der Waals surface area contributed by atoms with Crippen molar-refractivity contribution in [1.29, 1.82) is 0 Å². The highest BCUT2D eigenvalue weighted by atomic mass is 16.2. The van der Waals surface area contributed by atoms with Crippen LogP contribution in [-0.2, 0) is 17.8 Å². The summed E-state index contributed by atoms with van der Waals surface area (Å²) in [5, 5.41) is 0. The van der Waals surface area contributed by atoms with Gasteiger partial charge in [-0.25, -0.2) is 9.97 Å². The number of hydrogen-bond donors (Lipinski definition) is 0. The first-order valence-electron chi connectivity index (χ1n) is 8.60. The summed E-state index contributed by atoms with van der Waals surface area (Å²) in [6.07, 6.45) is 6.55. The standard InChI is InChI=1S/C17H24N4O/c1-12-14-11-21(16(22)10-13-4-5-13)9-6-15(14)19-17(18-12)20-7-2-3-8-20/h13H,2-11H2,1H3. The Morgan fingerprint density at radius 3 is 2.68 bits per heavy atom. The molecular weight excluding hydrogens is 276 g/mol. The molecule has 0 aromatic carbocycles. The van der Waals surface area contributed by atoms with Gasteiger partial charge in [0.1, 0.15) is 0 Å². The lowest BCUT2D eigenvalue weighted by molar-refractivity contribution is -0.132. The molecule has 0 spiro atoms. The number of hydrogen-bond acceptors (Lipinski definition) is 4. The lowest BCUT2D eigenvalue weighted by atomic mass is 10.0. The Bertz CT molecular complexity index is 591. The van der Waals surface area contributed by atoms with Gasteiger partial charge in [0.15, 0.2) is 0 Å². The fraction of sp³-hybridized carbons (Fsp3) is 0.706. The molecule has 0 unspecified atom stereocenters. The molecular formula is C17H24N4O. The minimum absolute atomic E-state index is 0.316. The number of rotatable bonds is 3. The summed E-state index contributed by atoms with van der Waals surface area (Å²) in [5.74, 6) is 1.87. The second-order valence-electron chi connectivity index (χ2n) is 6.94. The van der Waals surface area contributed by atoms with Crippen LogP contribution in [0.15, 0.2) is 0 Å². The molecule has 2 aliphatic heterocycles. The number of fused-ring (bicyclic) bond motifs is 1. The summed E-state index contributed by atoms with van der Waals surface area (Å²) >= 11 is 0. The van der Waals surface area contributed by atoms with Gasteiger partial charge in [0.25, 0.3) is 0 Å². The van der Waals surface area contributed by atoms with Gasteiger partial charge in [-0.15, -0.1) is 0 Å². The predicted molar refractivity (Wildman–Crippen MR) is 84.7 cm³/mol. The summed E-state index contributed by atoms with van der Waals surface area (Å²) in [7, 11) is 0. The molecule has 22 heavy (non-hydrogen) atoms. The molecule has 0 bridgehead atoms. The van der Waals surface area contributed by atoms with Gasteiger partial charge in [-0.2, -0.15) is 0 Å². The van der Waals surface area contributed by atoms with Crippen molar-refractivity contribution in [3.8, 4) is 0 Å². The van der Waals surface area contributed by atoms with Crippen molar-refractivity contribution in [3.63, 3.8) is 0 Å². The maximum Gasteiger partial charge on any atom is 0.225 e. The molecule has 0 radical (unpaired) electrons. The second kappa shape index (κ2) is 5.52. The van der Waals surface area contributed by atoms with Gasteiger partial charge in [-0.3, -0.25) is 4.79 Å². The van der Waals surface area contributed by atoms with Crippen molar-refractivity contribution in [3.05, 3.63) is 17.0 Å². The number of amides is 1. The lowest BCUT2D eigenvalue weighted by Gasteiger charge is -2.30. The molecule has 118 valence electrons. The van der Waals surface area contributed by atoms with Crippen LogP contribution in [0.1, 0.15) is 49.1 Å². The smallest absolute Gasteiger partial charge is 0.225 e. The van der Waals surface area contributed by atoms with Crippen LogP contribution < -0.4 is 4.90 Å². The first kappa shape index (κ1) is 14.0. The summed E-state index contributed by atoms with van der Waals surface area (Å²) < 4.78 is 0. The van der Waals surface area contributed by atoms with Crippen LogP contribution in [0.3, 0.4) is 0 Å². The molecule has 3 aliphatic rings. The predicted octanol–water partition coefficient (Wildman–Crippen LogP) is 2.07. The number of carbonyl (C=O) groups is 1. The molecule has 0 N–H and O–H groups in total. The number of aryl methyl sites for hydroxylation is 1. The van der Waals surface area contributed by atoms with Gasteiger partial charge in [-0.1, -0.05) is 0 Å². The highest BCUT2D eigenvalue weighted by Crippen LogP contribution is 2.33. The topological polar surface area (TPSA) is 49.3 Å². The fourth-order valence-electron chi connectivity index (χ4n) is 3.53. The Balaban J connectivity index is 1.52. The summed E-state index contributed by atoms with van der Waals surface area (Å²) in [6.45, 7) is 5.73. The molecule has 1 aromatic heterocycles. The maximum absolute atomic E-state index is 12.3. The lowest BCUT2D eigenvalue weighted by Crippen LogP contribution is -2.37. The average molecular weight is 300 g/mol. The Hall–Kier alpha value is -1.65. The van der Waals surface area contributed by atoms with Crippen LogP contribution in [0.25, 0.3) is 0 Å². The summed E-state index contributed by atoms with van der Waals surface area (Å²) in [4.78, 5) is 26.1. The molecule has 1 saturated carbocycles. The van der Waals surface area contributed by atoms with Gasteiger partial charge in [-0.05, 0) is 38.5 Å². The first-order chi connectivity index (χ1) is 10.7. The van der Waals surface area contributed by atoms with E-state index in [0.29, 0.717) is 18.4 Å². The monoisotopic (exact) mass is 300 g/mol. The van der Waals surface area contributed by atoms with Gasteiger partial charge in [0.05, 0.1) is 5.69 Å². The minimum Gasteiger partial charge on any atom is -0.341 e. The summed E-state index contributed by atoms with van der Waals surface area (Å²) in [5.41, 5.74) is 3.39. The zero-order chi connectivity index (χ0) is 15.1. The Morgan fingerprint density at radius 1 is 1.18 bits per heavy atom. The molecule has 0 atom stereocenters. The number of aromatic nitrogens is 2. The highest BCUT2D eigenvalue weighted by Gasteiger charge is 2.30. The van der Waals surface area contributed by atoms with E-state index in [0.717, 1.165) is 49.8 Å². The third-order valence-corrected chi connectivity index (χ3v) is 5.16. The van der Waals surface area contributed by atoms with Crippen molar-refractivity contribution >= 4 is 11.9 Å². The van der Waals surface area contributed by atoms with Gasteiger partial charge in [0.2, 0.25) is 11.9 Å². The molecule has 1 aromatic rings. The zero-order valence-electron chi connectivity index (χ0n) is 13.3. The van der Waals surface area contributed by atoms with Gasteiger partial charge >= 0.3 is 0 Å². The van der Waals surface area contributed by atoms with E-state index in [9.17, 15) is 4.79 Å². The Kier molecular flexibility index (Phi) is 3.51. The molecule has 4 rings (SSSR count). The quantitative estimate of drug-likeness (QED) is 0.857. The van der Waals surface area contributed by atoms with E-state index >= 15 is 0 Å². The van der Waals surface area contributed by atoms with E-state index in [-0.39, 0.29) is 0 Å². The number of anilines is 1. The molecule has 5 heteroatoms. The molecule has 5 nitrogen and oxygen atoms in total. The van der Waals surface area contributed by atoms with E-state index in [1.807, 2.05) is 4.90 Å². The van der Waals surface area contributed by atoms with Crippen LogP contribution in [0.2, 0.25) is 0 Å². The second-order valence-corrected chi connectivity index (χ2v) is 6.94. The van der Waals surface area contributed by atoms with E-state index in [1.54, 1.807) is 0 Å². The highest BCUT2D eigenvalue weighted by molar-refractivity contribution is 5.77. The van der Waals surface area contributed by atoms with Crippen LogP contribution in [-0.4, -0.2) is 40.4 Å². The number of nitrogens with zero attached hydrogens (tertiary/aromatic N) is 4. The summed E-state index contributed by atoms with van der Waals surface area (Å²) in [6, 6.07) is 0. The van der Waals surface area contributed by atoms with Gasteiger partial charge < -0.3 is 9.80 Å². The molecule has 3 heterocycles. The average Bonchev–Trinajstić information content (AvgIpc) is 3.16. The molecule has 1 amide bonds. The van der Waals surface area contributed by atoms with Crippen LogP contribution in [0, 0.1) is 12.8 Å². The third-order valence-electron chi connectivity index (χ3n) is 5.16. The SMILES string of the molecule is Cc1nc(N2CCCC2)nc2c1CN(C(=O)CC1CC1)CC2. The van der Waals surface area contributed by atoms with Crippen LogP contribution >= 0.6 is 0 Å². The van der Waals surface area contributed by atoms with E-state index in [1.165, 1.54) is 31.2 Å². The Labute approximate surface area is 131 Å². The van der Waals surface area contributed by atoms with Crippen molar-refractivity contribution in [1.82, 2.24) is 14.9 Å². The molecule has 1 saturated heterocycles. The largest absolute Gasteiger partial charge is 0.341 e. The van der Waals surface area contributed by atoms with Gasteiger partial charge in [0, 0.05) is 50.3 Å². The van der Waals surface area contributed by atoms with Crippen molar-refractivity contribution in [2.45, 2.75) is 52.0 Å². The molecule has 2 fully saturated rings. The van der Waals surface area contributed by atoms with Crippen molar-refractivity contribution < 1.29 is 4.79 Å². The zero-order valence-corrected chi connectivity index (χ0v) is 13.3. The van der Waals surface area contributed by atoms with E-state index in [4.69, 9.17) is 9.97 Å². The Morgan fingerprint density at radius 2 is 1.95 bits per heavy atom. The van der Waals surface area contributed by atoms with Crippen molar-refractivity contribution in [2.24, 2.45) is 5.92 Å². The first-order valence-corrected chi connectivity index (χ1v) is 8.60. The normalized spacial score (nSPS) is 21.1. The molecule has 1 aliphatic carbocycles. The van der Waals surface area contributed by atoms with Crippen molar-refractivity contribution in [2.75, 3.05) is 24.5 Å². The maximum atomic E-state index is 12.3.